The summed E-state index contributed by atoms with van der Waals surface area (Å²) in [5.41, 5.74) is 7.71. The van der Waals surface area contributed by atoms with Gasteiger partial charge in [0.15, 0.2) is 0 Å². The number of nitrogens with zero attached hydrogens (tertiary/aromatic N) is 4. The number of hydrogen-bond donors (Lipinski definition) is 1. The zero-order valence-corrected chi connectivity index (χ0v) is 10.7. The predicted octanol–water partition coefficient (Wildman–Crippen LogP) is 2.60. The van der Waals surface area contributed by atoms with Crippen molar-refractivity contribution in [2.24, 2.45) is 4.99 Å². The van der Waals surface area contributed by atoms with Crippen LogP contribution in [0.3, 0.4) is 0 Å². The molecule has 0 aliphatic rings. The van der Waals surface area contributed by atoms with Gasteiger partial charge in [0.2, 0.25) is 5.95 Å². The standard InChI is InChI=1S/C15H13N5/c16-14-18-15(17-11-12-7-3-1-4-8-12)19-20(14)13-9-5-2-6-10-13/h1-11H,(H2,16,18,19). The van der Waals surface area contributed by atoms with Crippen molar-refractivity contribution in [3.8, 4) is 5.69 Å². The van der Waals surface area contributed by atoms with Gasteiger partial charge in [-0.1, -0.05) is 48.5 Å². The molecule has 0 atom stereocenters. The van der Waals surface area contributed by atoms with Gasteiger partial charge < -0.3 is 5.73 Å². The van der Waals surface area contributed by atoms with Crippen LogP contribution in [0.4, 0.5) is 11.9 Å². The zero-order chi connectivity index (χ0) is 13.8. The number of rotatable bonds is 3. The van der Waals surface area contributed by atoms with Gasteiger partial charge in [-0.2, -0.15) is 9.67 Å². The average molecular weight is 263 g/mol. The van der Waals surface area contributed by atoms with Gasteiger partial charge in [-0.15, -0.1) is 5.10 Å². The fourth-order valence-electron chi connectivity index (χ4n) is 1.80. The van der Waals surface area contributed by atoms with Crippen molar-refractivity contribution in [3.63, 3.8) is 0 Å². The van der Waals surface area contributed by atoms with E-state index in [1.54, 1.807) is 10.9 Å². The molecule has 0 unspecified atom stereocenters. The summed E-state index contributed by atoms with van der Waals surface area (Å²) in [5, 5.41) is 4.28. The van der Waals surface area contributed by atoms with Gasteiger partial charge in [-0.05, 0) is 17.7 Å². The molecule has 0 fully saturated rings. The SMILES string of the molecule is Nc1nc(N=Cc2ccccc2)nn1-c1ccccc1. The number of nitrogen functional groups attached to an aromatic ring is 1. The van der Waals surface area contributed by atoms with E-state index in [0.717, 1.165) is 11.3 Å². The van der Waals surface area contributed by atoms with Crippen molar-refractivity contribution in [2.75, 3.05) is 5.73 Å². The molecular weight excluding hydrogens is 250 g/mol. The zero-order valence-electron chi connectivity index (χ0n) is 10.7. The molecule has 0 amide bonds. The Bertz CT molecular complexity index is 717. The Kier molecular flexibility index (Phi) is 3.24. The highest BCUT2D eigenvalue weighted by Gasteiger charge is 2.06. The van der Waals surface area contributed by atoms with E-state index in [9.17, 15) is 0 Å². The molecule has 3 rings (SSSR count). The van der Waals surface area contributed by atoms with Crippen LogP contribution in [0.25, 0.3) is 5.69 Å². The molecule has 2 aromatic carbocycles. The van der Waals surface area contributed by atoms with Crippen molar-refractivity contribution in [3.05, 3.63) is 66.2 Å². The fraction of sp³-hybridized carbons (Fsp3) is 0. The van der Waals surface area contributed by atoms with Crippen LogP contribution in [-0.4, -0.2) is 21.0 Å². The number of benzene rings is 2. The number of para-hydroxylation sites is 1. The lowest BCUT2D eigenvalue weighted by Gasteiger charge is -1.99. The van der Waals surface area contributed by atoms with Crippen molar-refractivity contribution in [2.45, 2.75) is 0 Å². The van der Waals surface area contributed by atoms with Crippen LogP contribution >= 0.6 is 0 Å². The van der Waals surface area contributed by atoms with Crippen LogP contribution in [0.15, 0.2) is 65.7 Å². The summed E-state index contributed by atoms with van der Waals surface area (Å²) >= 11 is 0. The van der Waals surface area contributed by atoms with Crippen molar-refractivity contribution < 1.29 is 0 Å². The van der Waals surface area contributed by atoms with Crippen molar-refractivity contribution in [1.29, 1.82) is 0 Å². The lowest BCUT2D eigenvalue weighted by Crippen LogP contribution is -2.01. The predicted molar refractivity (Wildman–Crippen MR) is 79.5 cm³/mol. The molecule has 1 aromatic heterocycles. The molecule has 0 aliphatic heterocycles. The van der Waals surface area contributed by atoms with E-state index in [1.807, 2.05) is 60.7 Å². The van der Waals surface area contributed by atoms with E-state index >= 15 is 0 Å². The van der Waals surface area contributed by atoms with E-state index in [2.05, 4.69) is 15.1 Å². The molecule has 0 saturated carbocycles. The third-order valence-corrected chi connectivity index (χ3v) is 2.75. The van der Waals surface area contributed by atoms with Gasteiger partial charge in [0.05, 0.1) is 5.69 Å². The second kappa shape index (κ2) is 5.36. The fourth-order valence-corrected chi connectivity index (χ4v) is 1.80. The summed E-state index contributed by atoms with van der Waals surface area (Å²) in [4.78, 5) is 8.37. The molecule has 3 aromatic rings. The molecule has 0 saturated heterocycles. The summed E-state index contributed by atoms with van der Waals surface area (Å²) in [6, 6.07) is 19.4. The van der Waals surface area contributed by atoms with Crippen LogP contribution in [0.1, 0.15) is 5.56 Å². The summed E-state index contributed by atoms with van der Waals surface area (Å²) in [6.45, 7) is 0. The van der Waals surface area contributed by atoms with Gasteiger partial charge in [-0.25, -0.2) is 4.99 Å². The van der Waals surface area contributed by atoms with E-state index in [4.69, 9.17) is 5.73 Å². The maximum atomic E-state index is 5.86. The first-order chi connectivity index (χ1) is 9.83. The third-order valence-electron chi connectivity index (χ3n) is 2.75. The highest BCUT2D eigenvalue weighted by molar-refractivity contribution is 5.81. The van der Waals surface area contributed by atoms with Crippen LogP contribution in [0, 0.1) is 0 Å². The van der Waals surface area contributed by atoms with Crippen LogP contribution < -0.4 is 5.73 Å². The van der Waals surface area contributed by atoms with Gasteiger partial charge >= 0.3 is 0 Å². The third kappa shape index (κ3) is 2.56. The van der Waals surface area contributed by atoms with Crippen LogP contribution in [0.2, 0.25) is 0 Å². The molecular formula is C15H13N5. The molecule has 0 aliphatic carbocycles. The highest BCUT2D eigenvalue weighted by atomic mass is 15.4. The topological polar surface area (TPSA) is 69.1 Å². The Hall–Kier alpha value is -2.95. The monoisotopic (exact) mass is 263 g/mol. The van der Waals surface area contributed by atoms with E-state index in [1.165, 1.54) is 0 Å². The lowest BCUT2D eigenvalue weighted by molar-refractivity contribution is 0.891. The molecule has 5 heteroatoms. The summed E-state index contributed by atoms with van der Waals surface area (Å²) < 4.78 is 1.57. The smallest absolute Gasteiger partial charge is 0.270 e. The second-order valence-electron chi connectivity index (χ2n) is 4.19. The van der Waals surface area contributed by atoms with Crippen molar-refractivity contribution in [1.82, 2.24) is 14.8 Å². The van der Waals surface area contributed by atoms with Crippen LogP contribution in [-0.2, 0) is 0 Å². The normalized spacial score (nSPS) is 11.0. The molecule has 98 valence electrons. The minimum Gasteiger partial charge on any atom is -0.368 e. The molecule has 20 heavy (non-hydrogen) atoms. The minimum atomic E-state index is 0.316. The Balaban J connectivity index is 1.88. The van der Waals surface area contributed by atoms with Gasteiger partial charge in [-0.3, -0.25) is 0 Å². The Labute approximate surface area is 116 Å². The molecule has 5 nitrogen and oxygen atoms in total. The Morgan fingerprint density at radius 1 is 0.950 bits per heavy atom. The molecule has 0 bridgehead atoms. The summed E-state index contributed by atoms with van der Waals surface area (Å²) in [6.07, 6.45) is 1.71. The quantitative estimate of drug-likeness (QED) is 0.738. The van der Waals surface area contributed by atoms with Gasteiger partial charge in [0.1, 0.15) is 0 Å². The van der Waals surface area contributed by atoms with Gasteiger partial charge in [0, 0.05) is 6.21 Å². The Morgan fingerprint density at radius 3 is 2.30 bits per heavy atom. The molecule has 2 N–H and O–H groups in total. The number of aliphatic imine (C=N–C) groups is 1. The number of nitrogens with two attached hydrogens (primary N) is 1. The maximum absolute atomic E-state index is 5.86. The number of hydrogen-bond acceptors (Lipinski definition) is 4. The summed E-state index contributed by atoms with van der Waals surface area (Å²) in [7, 11) is 0. The Morgan fingerprint density at radius 2 is 1.60 bits per heavy atom. The van der Waals surface area contributed by atoms with E-state index < -0.39 is 0 Å². The average Bonchev–Trinajstić information content (AvgIpc) is 2.88. The van der Waals surface area contributed by atoms with Gasteiger partial charge in [0.25, 0.3) is 5.95 Å². The first-order valence-electron chi connectivity index (χ1n) is 6.20. The minimum absolute atomic E-state index is 0.316. The highest BCUT2D eigenvalue weighted by Crippen LogP contribution is 2.14. The second-order valence-corrected chi connectivity index (χ2v) is 4.19. The first kappa shape index (κ1) is 12.1. The lowest BCUT2D eigenvalue weighted by atomic mass is 10.2. The van der Waals surface area contributed by atoms with Crippen LogP contribution in [0.5, 0.6) is 0 Å². The molecule has 1 heterocycles. The van der Waals surface area contributed by atoms with E-state index in [0.29, 0.717) is 11.9 Å². The number of anilines is 1. The summed E-state index contributed by atoms with van der Waals surface area (Å²) in [5.74, 6) is 0.659. The first-order valence-corrected chi connectivity index (χ1v) is 6.20. The molecule has 0 radical (unpaired) electrons. The van der Waals surface area contributed by atoms with E-state index in [-0.39, 0.29) is 0 Å². The number of aromatic nitrogens is 3. The largest absolute Gasteiger partial charge is 0.368 e. The maximum Gasteiger partial charge on any atom is 0.270 e. The van der Waals surface area contributed by atoms with Crippen molar-refractivity contribution >= 4 is 18.1 Å². The molecule has 0 spiro atoms.